The van der Waals surface area contributed by atoms with Crippen molar-refractivity contribution in [2.24, 2.45) is 12.5 Å². The van der Waals surface area contributed by atoms with Gasteiger partial charge in [-0.05, 0) is 76.0 Å². The molecular formula is C34H32NO+. The smallest absolute Gasteiger partial charge is 0.213 e. The third-order valence-corrected chi connectivity index (χ3v) is 6.85. The van der Waals surface area contributed by atoms with Crippen molar-refractivity contribution in [3.8, 4) is 22.4 Å². The second kappa shape index (κ2) is 8.34. The molecule has 2 nitrogen and oxygen atoms in total. The maximum Gasteiger partial charge on any atom is 0.213 e. The number of furan rings is 1. The van der Waals surface area contributed by atoms with Crippen molar-refractivity contribution in [1.29, 1.82) is 0 Å². The van der Waals surface area contributed by atoms with Crippen molar-refractivity contribution in [3.05, 3.63) is 102 Å². The van der Waals surface area contributed by atoms with Crippen LogP contribution < -0.4 is 4.57 Å². The van der Waals surface area contributed by atoms with Gasteiger partial charge in [0.1, 0.15) is 18.2 Å². The maximum atomic E-state index is 8.59. The van der Waals surface area contributed by atoms with Crippen LogP contribution in [0.15, 0.2) is 95.5 Å². The number of hydrogen-bond acceptors (Lipinski definition) is 1. The van der Waals surface area contributed by atoms with E-state index in [1.54, 1.807) is 0 Å². The Kier molecular flexibility index (Phi) is 4.70. The van der Waals surface area contributed by atoms with Gasteiger partial charge in [-0.1, -0.05) is 69.3 Å². The van der Waals surface area contributed by atoms with Crippen LogP contribution in [-0.2, 0) is 13.4 Å². The highest BCUT2D eigenvalue weighted by Crippen LogP contribution is 2.36. The van der Waals surface area contributed by atoms with Gasteiger partial charge in [-0.25, -0.2) is 4.57 Å². The average Bonchev–Trinajstić information content (AvgIpc) is 3.22. The quantitative estimate of drug-likeness (QED) is 0.235. The molecule has 0 aliphatic carbocycles. The van der Waals surface area contributed by atoms with E-state index in [2.05, 4.69) is 85.4 Å². The fourth-order valence-corrected chi connectivity index (χ4v) is 5.09. The van der Waals surface area contributed by atoms with Crippen molar-refractivity contribution in [3.63, 3.8) is 0 Å². The zero-order chi connectivity index (χ0) is 26.8. The first-order valence-electron chi connectivity index (χ1n) is 13.5. The molecule has 0 atom stereocenters. The SMILES string of the molecule is [2H]C([2H])(c1ccc(-c2cc[n+](C)c(-c3cc4oc5cc6ccccc6cc5c4cc3C)c2)cc1)C(C)(C)C. The van der Waals surface area contributed by atoms with Gasteiger partial charge in [0, 0.05) is 25.6 Å². The topological polar surface area (TPSA) is 17.0 Å². The van der Waals surface area contributed by atoms with E-state index in [-0.39, 0.29) is 0 Å². The van der Waals surface area contributed by atoms with Gasteiger partial charge in [0.2, 0.25) is 5.69 Å². The standard InChI is InChI=1S/C34H32NO/c1-22-16-29-30-17-25-8-6-7-9-26(25)19-32(30)36-33(29)20-28(22)31-18-27(14-15-35(31)5)24-12-10-23(11-13-24)21-34(2,3)4/h6-20H,21H2,1-5H3/q+1/i21D2. The molecule has 0 radical (unpaired) electrons. The van der Waals surface area contributed by atoms with E-state index < -0.39 is 11.8 Å². The van der Waals surface area contributed by atoms with Crippen molar-refractivity contribution >= 4 is 32.7 Å². The highest BCUT2D eigenvalue weighted by molar-refractivity contribution is 6.11. The Morgan fingerprint density at radius 3 is 2.17 bits per heavy atom. The summed E-state index contributed by atoms with van der Waals surface area (Å²) in [5.74, 6) is 0. The first-order valence-corrected chi connectivity index (χ1v) is 12.5. The fourth-order valence-electron chi connectivity index (χ4n) is 5.09. The third-order valence-electron chi connectivity index (χ3n) is 6.85. The van der Waals surface area contributed by atoms with E-state index in [0.29, 0.717) is 5.56 Å². The third kappa shape index (κ3) is 4.07. The number of fused-ring (bicyclic) bond motifs is 4. The van der Waals surface area contributed by atoms with E-state index in [1.165, 1.54) is 16.3 Å². The number of benzene rings is 4. The molecule has 6 aromatic rings. The predicted octanol–water partition coefficient (Wildman–Crippen LogP) is 8.79. The monoisotopic (exact) mass is 472 g/mol. The molecule has 4 aromatic carbocycles. The highest BCUT2D eigenvalue weighted by atomic mass is 16.3. The van der Waals surface area contributed by atoms with Crippen LogP contribution in [0.4, 0.5) is 0 Å². The van der Waals surface area contributed by atoms with Gasteiger partial charge in [0.15, 0.2) is 6.20 Å². The van der Waals surface area contributed by atoms with Crippen LogP contribution in [-0.4, -0.2) is 0 Å². The lowest BCUT2D eigenvalue weighted by atomic mass is 9.87. The Morgan fingerprint density at radius 1 is 0.778 bits per heavy atom. The van der Waals surface area contributed by atoms with E-state index in [9.17, 15) is 0 Å². The van der Waals surface area contributed by atoms with E-state index >= 15 is 0 Å². The molecule has 0 fully saturated rings. The molecule has 0 aliphatic heterocycles. The first kappa shape index (κ1) is 20.3. The van der Waals surface area contributed by atoms with E-state index in [4.69, 9.17) is 7.16 Å². The number of rotatable bonds is 3. The lowest BCUT2D eigenvalue weighted by Crippen LogP contribution is -2.30. The second-order valence-corrected chi connectivity index (χ2v) is 10.8. The molecule has 178 valence electrons. The highest BCUT2D eigenvalue weighted by Gasteiger charge is 2.18. The zero-order valence-corrected chi connectivity index (χ0v) is 21.5. The van der Waals surface area contributed by atoms with Gasteiger partial charge < -0.3 is 4.42 Å². The van der Waals surface area contributed by atoms with E-state index in [1.807, 2.05) is 45.0 Å². The van der Waals surface area contributed by atoms with E-state index in [0.717, 1.165) is 44.3 Å². The molecule has 0 unspecified atom stereocenters. The van der Waals surface area contributed by atoms with Crippen LogP contribution >= 0.6 is 0 Å². The second-order valence-electron chi connectivity index (χ2n) is 10.8. The Bertz CT molecular complexity index is 1840. The number of nitrogens with zero attached hydrogens (tertiary/aromatic N) is 1. The van der Waals surface area contributed by atoms with Crippen molar-refractivity contribution < 1.29 is 11.7 Å². The summed E-state index contributed by atoms with van der Waals surface area (Å²) in [5, 5.41) is 4.66. The van der Waals surface area contributed by atoms with Gasteiger partial charge in [0.25, 0.3) is 0 Å². The molecule has 0 bridgehead atoms. The summed E-state index contributed by atoms with van der Waals surface area (Å²) in [6.45, 7) is 7.97. The zero-order valence-electron chi connectivity index (χ0n) is 23.5. The summed E-state index contributed by atoms with van der Waals surface area (Å²) < 4.78 is 25.7. The molecular weight excluding hydrogens is 438 g/mol. The molecule has 36 heavy (non-hydrogen) atoms. The predicted molar refractivity (Wildman–Crippen MR) is 151 cm³/mol. The molecule has 0 saturated heterocycles. The van der Waals surface area contributed by atoms with Crippen LogP contribution in [0.1, 0.15) is 34.6 Å². The van der Waals surface area contributed by atoms with Crippen molar-refractivity contribution in [2.45, 2.75) is 34.1 Å². The van der Waals surface area contributed by atoms with Gasteiger partial charge >= 0.3 is 0 Å². The molecule has 0 spiro atoms. The Labute approximate surface area is 215 Å². The lowest BCUT2D eigenvalue weighted by molar-refractivity contribution is -0.660. The van der Waals surface area contributed by atoms with Crippen LogP contribution in [0.2, 0.25) is 0 Å². The Balaban J connectivity index is 1.44. The minimum atomic E-state index is -1.41. The summed E-state index contributed by atoms with van der Waals surface area (Å²) in [4.78, 5) is 0. The summed E-state index contributed by atoms with van der Waals surface area (Å²) in [7, 11) is 2.06. The molecule has 0 saturated carbocycles. The van der Waals surface area contributed by atoms with Crippen LogP contribution in [0.25, 0.3) is 55.1 Å². The summed E-state index contributed by atoms with van der Waals surface area (Å²) >= 11 is 0. The molecule has 0 aliphatic rings. The first-order chi connectivity index (χ1) is 18.0. The molecule has 0 amide bonds. The van der Waals surface area contributed by atoms with Gasteiger partial charge in [-0.15, -0.1) is 0 Å². The molecule has 6 rings (SSSR count). The Hall–Kier alpha value is -3.91. The van der Waals surface area contributed by atoms with Gasteiger partial charge in [-0.2, -0.15) is 0 Å². The summed E-state index contributed by atoms with van der Waals surface area (Å²) in [5.41, 5.74) is 7.59. The van der Waals surface area contributed by atoms with Crippen LogP contribution in [0.5, 0.6) is 0 Å². The molecule has 0 N–H and O–H groups in total. The lowest BCUT2D eigenvalue weighted by Gasteiger charge is -2.18. The largest absolute Gasteiger partial charge is 0.456 e. The Morgan fingerprint density at radius 2 is 1.44 bits per heavy atom. The van der Waals surface area contributed by atoms with Crippen molar-refractivity contribution in [2.75, 3.05) is 0 Å². The fraction of sp³-hybridized carbons (Fsp3) is 0.206. The van der Waals surface area contributed by atoms with Crippen molar-refractivity contribution in [1.82, 2.24) is 0 Å². The van der Waals surface area contributed by atoms with Gasteiger partial charge in [-0.3, -0.25) is 0 Å². The number of aromatic nitrogens is 1. The molecule has 2 heterocycles. The molecule has 2 heteroatoms. The summed E-state index contributed by atoms with van der Waals surface area (Å²) in [6, 6.07) is 29.3. The normalized spacial score (nSPS) is 13.4. The van der Waals surface area contributed by atoms with Crippen LogP contribution in [0.3, 0.4) is 0 Å². The molecule has 2 aromatic heterocycles. The van der Waals surface area contributed by atoms with Crippen LogP contribution in [0, 0.1) is 12.3 Å². The minimum absolute atomic E-state index is 0.484. The number of hydrogen-bond donors (Lipinski definition) is 0. The number of pyridine rings is 1. The minimum Gasteiger partial charge on any atom is -0.456 e. The number of aryl methyl sites for hydroxylation is 2. The average molecular weight is 473 g/mol. The summed E-state index contributed by atoms with van der Waals surface area (Å²) in [6.07, 6.45) is 0.673. The van der Waals surface area contributed by atoms with Gasteiger partial charge in [0.05, 0.1) is 5.56 Å². The maximum absolute atomic E-state index is 8.59.